The fourth-order valence-electron chi connectivity index (χ4n) is 1.86. The molecule has 1 rings (SSSR count). The summed E-state index contributed by atoms with van der Waals surface area (Å²) in [7, 11) is 2.45. The third-order valence-electron chi connectivity index (χ3n) is 3.16. The molecule has 120 valence electrons. The van der Waals surface area contributed by atoms with Crippen molar-refractivity contribution in [3.8, 4) is 5.75 Å². The van der Waals surface area contributed by atoms with Gasteiger partial charge < -0.3 is 19.9 Å². The molecule has 0 radical (unpaired) electrons. The molecule has 0 aliphatic heterocycles. The summed E-state index contributed by atoms with van der Waals surface area (Å²) in [6.45, 7) is 1.63. The maximum absolute atomic E-state index is 12.1. The minimum atomic E-state index is -0.981. The first-order valence-corrected chi connectivity index (χ1v) is 6.63. The minimum absolute atomic E-state index is 0.0279. The average Bonchev–Trinajstić information content (AvgIpc) is 2.51. The normalized spacial score (nSPS) is 12.9. The van der Waals surface area contributed by atoms with Crippen LogP contribution in [0.15, 0.2) is 24.3 Å². The van der Waals surface area contributed by atoms with Gasteiger partial charge in [-0.25, -0.2) is 4.79 Å². The van der Waals surface area contributed by atoms with Gasteiger partial charge in [0, 0.05) is 5.56 Å². The van der Waals surface area contributed by atoms with E-state index in [2.05, 4.69) is 14.8 Å². The number of phenols is 1. The maximum atomic E-state index is 12.1. The Morgan fingerprint density at radius 2 is 1.73 bits per heavy atom. The molecular weight excluding hydrogens is 290 g/mol. The Kier molecular flexibility index (Phi) is 6.37. The summed E-state index contributed by atoms with van der Waals surface area (Å²) in [6.07, 6.45) is -0.0356. The fourth-order valence-corrected chi connectivity index (χ4v) is 1.86. The van der Waals surface area contributed by atoms with Gasteiger partial charge in [0.1, 0.15) is 11.8 Å². The third-order valence-corrected chi connectivity index (χ3v) is 3.16. The molecular formula is C15H19NO6. The van der Waals surface area contributed by atoms with Gasteiger partial charge in [0.25, 0.3) is 5.91 Å². The van der Waals surface area contributed by atoms with Crippen LogP contribution in [0.25, 0.3) is 0 Å². The Balaban J connectivity index is 2.84. The van der Waals surface area contributed by atoms with E-state index < -0.39 is 29.8 Å². The summed E-state index contributed by atoms with van der Waals surface area (Å²) in [4.78, 5) is 35.3. The number of ether oxygens (including phenoxy) is 2. The van der Waals surface area contributed by atoms with E-state index in [-0.39, 0.29) is 17.7 Å². The molecule has 0 fully saturated rings. The minimum Gasteiger partial charge on any atom is -0.508 e. The highest BCUT2D eigenvalue weighted by atomic mass is 16.5. The molecule has 7 heteroatoms. The summed E-state index contributed by atoms with van der Waals surface area (Å²) in [5.74, 6) is -2.11. The van der Waals surface area contributed by atoms with Gasteiger partial charge in [0.05, 0.1) is 20.6 Å². The second kappa shape index (κ2) is 8.02. The number of methoxy groups -OCH3 is 2. The molecule has 0 aliphatic rings. The van der Waals surface area contributed by atoms with Crippen molar-refractivity contribution in [2.75, 3.05) is 14.2 Å². The van der Waals surface area contributed by atoms with Gasteiger partial charge in [-0.05, 0) is 30.2 Å². The summed E-state index contributed by atoms with van der Waals surface area (Å²) >= 11 is 0. The van der Waals surface area contributed by atoms with Gasteiger partial charge in [0.2, 0.25) is 0 Å². The molecule has 2 N–H and O–H groups in total. The van der Waals surface area contributed by atoms with Gasteiger partial charge in [0.15, 0.2) is 0 Å². The number of esters is 2. The van der Waals surface area contributed by atoms with Crippen LogP contribution in [0.5, 0.6) is 5.75 Å². The molecule has 0 unspecified atom stereocenters. The Hall–Kier alpha value is -2.57. The second-order valence-electron chi connectivity index (χ2n) is 4.78. The van der Waals surface area contributed by atoms with Gasteiger partial charge in [-0.1, -0.05) is 6.92 Å². The first-order valence-electron chi connectivity index (χ1n) is 6.63. The van der Waals surface area contributed by atoms with Crippen LogP contribution < -0.4 is 5.32 Å². The third kappa shape index (κ3) is 4.76. The van der Waals surface area contributed by atoms with Gasteiger partial charge in [-0.2, -0.15) is 0 Å². The van der Waals surface area contributed by atoms with Crippen molar-refractivity contribution in [3.63, 3.8) is 0 Å². The molecule has 0 aromatic heterocycles. The average molecular weight is 309 g/mol. The molecule has 0 saturated heterocycles. The number of rotatable bonds is 6. The largest absolute Gasteiger partial charge is 0.508 e. The molecule has 0 bridgehead atoms. The number of benzene rings is 1. The first kappa shape index (κ1) is 17.5. The van der Waals surface area contributed by atoms with E-state index in [1.807, 2.05) is 0 Å². The lowest BCUT2D eigenvalue weighted by Gasteiger charge is -2.22. The standard InChI is InChI=1S/C15H19NO6/c1-9(8-12(18)21-2)13(15(20)22-3)16-14(19)10-4-6-11(17)7-5-10/h4-7,9,13,17H,8H2,1-3H3,(H,16,19)/t9-,13+/m1/s1. The van der Waals surface area contributed by atoms with Gasteiger partial charge >= 0.3 is 11.9 Å². The van der Waals surface area contributed by atoms with Gasteiger partial charge in [-0.3, -0.25) is 9.59 Å². The number of hydrogen-bond donors (Lipinski definition) is 2. The van der Waals surface area contributed by atoms with Crippen molar-refractivity contribution in [2.24, 2.45) is 5.92 Å². The summed E-state index contributed by atoms with van der Waals surface area (Å²) in [5.41, 5.74) is 0.275. The number of phenolic OH excluding ortho intramolecular Hbond substituents is 1. The number of amides is 1. The van der Waals surface area contributed by atoms with Crippen molar-refractivity contribution < 1.29 is 29.0 Å². The van der Waals surface area contributed by atoms with Crippen LogP contribution >= 0.6 is 0 Å². The van der Waals surface area contributed by atoms with E-state index in [1.54, 1.807) is 6.92 Å². The first-order chi connectivity index (χ1) is 10.4. The molecule has 0 saturated carbocycles. The lowest BCUT2D eigenvalue weighted by Crippen LogP contribution is -2.46. The van der Waals surface area contributed by atoms with E-state index in [1.165, 1.54) is 38.5 Å². The molecule has 1 aromatic carbocycles. The molecule has 2 atom stereocenters. The van der Waals surface area contributed by atoms with E-state index in [4.69, 9.17) is 0 Å². The SMILES string of the molecule is COC(=O)C[C@@H](C)[C@H](NC(=O)c1ccc(O)cc1)C(=O)OC. The zero-order valence-corrected chi connectivity index (χ0v) is 12.7. The van der Waals surface area contributed by atoms with Crippen molar-refractivity contribution in [2.45, 2.75) is 19.4 Å². The predicted octanol–water partition coefficient (Wildman–Crippen LogP) is 0.863. The van der Waals surface area contributed by atoms with E-state index in [0.717, 1.165) is 0 Å². The number of hydrogen-bond acceptors (Lipinski definition) is 6. The zero-order chi connectivity index (χ0) is 16.7. The number of aromatic hydroxyl groups is 1. The molecule has 22 heavy (non-hydrogen) atoms. The van der Waals surface area contributed by atoms with Crippen molar-refractivity contribution in [1.82, 2.24) is 5.32 Å². The zero-order valence-electron chi connectivity index (χ0n) is 12.7. The highest BCUT2D eigenvalue weighted by Gasteiger charge is 2.29. The van der Waals surface area contributed by atoms with Crippen LogP contribution in [0.2, 0.25) is 0 Å². The van der Waals surface area contributed by atoms with E-state index >= 15 is 0 Å². The maximum Gasteiger partial charge on any atom is 0.328 e. The Labute approximate surface area is 128 Å². The molecule has 0 heterocycles. The van der Waals surface area contributed by atoms with Crippen LogP contribution in [0.1, 0.15) is 23.7 Å². The number of nitrogens with one attached hydrogen (secondary N) is 1. The molecule has 0 spiro atoms. The van der Waals surface area contributed by atoms with Crippen LogP contribution in [0.3, 0.4) is 0 Å². The summed E-state index contributed by atoms with van der Waals surface area (Å²) < 4.78 is 9.21. The van der Waals surface area contributed by atoms with E-state index in [9.17, 15) is 19.5 Å². The highest BCUT2D eigenvalue weighted by Crippen LogP contribution is 2.14. The van der Waals surface area contributed by atoms with Crippen LogP contribution in [-0.2, 0) is 19.1 Å². The molecule has 1 aromatic rings. The lowest BCUT2D eigenvalue weighted by molar-refractivity contribution is -0.146. The quantitative estimate of drug-likeness (QED) is 0.756. The summed E-state index contributed by atoms with van der Waals surface area (Å²) in [6, 6.07) is 4.58. The Bertz CT molecular complexity index is 539. The van der Waals surface area contributed by atoms with Crippen LogP contribution in [0, 0.1) is 5.92 Å². The summed E-state index contributed by atoms with van der Waals surface area (Å²) in [5, 5.41) is 11.7. The van der Waals surface area contributed by atoms with Crippen molar-refractivity contribution in [3.05, 3.63) is 29.8 Å². The fraction of sp³-hybridized carbons (Fsp3) is 0.400. The number of carbonyl (C=O) groups excluding carboxylic acids is 3. The van der Waals surface area contributed by atoms with Crippen LogP contribution in [0.4, 0.5) is 0 Å². The molecule has 7 nitrogen and oxygen atoms in total. The highest BCUT2D eigenvalue weighted by molar-refractivity contribution is 5.97. The predicted molar refractivity (Wildman–Crippen MR) is 77.2 cm³/mol. The van der Waals surface area contributed by atoms with Crippen molar-refractivity contribution in [1.29, 1.82) is 0 Å². The second-order valence-corrected chi connectivity index (χ2v) is 4.78. The molecule has 0 aliphatic carbocycles. The monoisotopic (exact) mass is 309 g/mol. The van der Waals surface area contributed by atoms with Crippen LogP contribution in [-0.4, -0.2) is 43.2 Å². The smallest absolute Gasteiger partial charge is 0.328 e. The lowest BCUT2D eigenvalue weighted by atomic mass is 9.98. The number of carbonyl (C=O) groups is 3. The Morgan fingerprint density at radius 3 is 2.23 bits per heavy atom. The Morgan fingerprint density at radius 1 is 1.14 bits per heavy atom. The van der Waals surface area contributed by atoms with Crippen molar-refractivity contribution >= 4 is 17.8 Å². The van der Waals surface area contributed by atoms with Gasteiger partial charge in [-0.15, -0.1) is 0 Å². The molecule has 1 amide bonds. The van der Waals surface area contributed by atoms with E-state index in [0.29, 0.717) is 0 Å². The topological polar surface area (TPSA) is 102 Å².